The van der Waals surface area contributed by atoms with Gasteiger partial charge >= 0.3 is 0 Å². The van der Waals surface area contributed by atoms with Gasteiger partial charge in [0.2, 0.25) is 0 Å². The lowest BCUT2D eigenvalue weighted by Crippen LogP contribution is -2.16. The minimum Gasteiger partial charge on any atom is -0.382 e. The average Bonchev–Trinajstić information content (AvgIpc) is 3.01. The number of hydrogen-bond acceptors (Lipinski definition) is 5. The molecular weight excluding hydrogens is 276 g/mol. The van der Waals surface area contributed by atoms with Crippen molar-refractivity contribution in [1.82, 2.24) is 19.6 Å². The molecule has 2 N–H and O–H groups in total. The molecule has 0 aliphatic carbocycles. The number of fused-ring (bicyclic) bond motifs is 1. The zero-order valence-corrected chi connectivity index (χ0v) is 12.7. The van der Waals surface area contributed by atoms with Crippen LogP contribution in [0.3, 0.4) is 0 Å². The molecule has 3 aromatic rings. The van der Waals surface area contributed by atoms with E-state index in [9.17, 15) is 0 Å². The monoisotopic (exact) mass is 296 g/mol. The van der Waals surface area contributed by atoms with Gasteiger partial charge in [-0.25, -0.2) is 4.98 Å². The second-order valence-corrected chi connectivity index (χ2v) is 5.08. The van der Waals surface area contributed by atoms with Crippen LogP contribution in [0, 0.1) is 0 Å². The first-order chi connectivity index (χ1) is 10.9. The van der Waals surface area contributed by atoms with Crippen molar-refractivity contribution in [3.63, 3.8) is 0 Å². The summed E-state index contributed by atoms with van der Waals surface area (Å²) in [5.41, 5.74) is 3.00. The predicted molar refractivity (Wildman–Crippen MR) is 88.2 cm³/mol. The summed E-state index contributed by atoms with van der Waals surface area (Å²) in [6, 6.07) is 7.93. The van der Waals surface area contributed by atoms with Crippen molar-refractivity contribution in [2.45, 2.75) is 19.8 Å². The number of aromatic nitrogens is 4. The minimum absolute atomic E-state index is 0.791. The van der Waals surface area contributed by atoms with Gasteiger partial charge in [-0.2, -0.15) is 9.61 Å². The van der Waals surface area contributed by atoms with E-state index in [2.05, 4.69) is 38.7 Å². The Balaban J connectivity index is 1.64. The highest BCUT2D eigenvalue weighted by Crippen LogP contribution is 2.13. The summed E-state index contributed by atoms with van der Waals surface area (Å²) in [6.07, 6.45) is 7.42. The van der Waals surface area contributed by atoms with Crippen LogP contribution in [0.1, 0.15) is 19.0 Å². The molecule has 0 saturated carbocycles. The number of anilines is 2. The molecule has 6 nitrogen and oxygen atoms in total. The van der Waals surface area contributed by atoms with Crippen LogP contribution >= 0.6 is 0 Å². The average molecular weight is 296 g/mol. The summed E-state index contributed by atoms with van der Waals surface area (Å²) < 4.78 is 1.84. The highest BCUT2D eigenvalue weighted by Gasteiger charge is 2.05. The number of nitrogens with zero attached hydrogens (tertiary/aromatic N) is 4. The summed E-state index contributed by atoms with van der Waals surface area (Å²) in [5, 5.41) is 11.1. The first-order valence-corrected chi connectivity index (χ1v) is 7.58. The maximum absolute atomic E-state index is 4.60. The van der Waals surface area contributed by atoms with Gasteiger partial charge in [-0.05, 0) is 18.6 Å². The van der Waals surface area contributed by atoms with Gasteiger partial charge in [0.25, 0.3) is 0 Å². The quantitative estimate of drug-likeness (QED) is 0.656. The molecule has 0 aliphatic rings. The summed E-state index contributed by atoms with van der Waals surface area (Å²) in [5.74, 6) is 0.978. The number of nitrogens with one attached hydrogen (secondary N) is 2. The van der Waals surface area contributed by atoms with Crippen molar-refractivity contribution in [3.05, 3.63) is 48.5 Å². The standard InChI is InChI=1S/C16H20N6/c1-2-4-13-11-16(22-15(21-13)6-8-20-22)19-10-9-18-14-5-3-7-17-12-14/h3,5-8,11-12,18-19H,2,4,9-10H2,1H3. The van der Waals surface area contributed by atoms with Crippen molar-refractivity contribution in [1.29, 1.82) is 0 Å². The molecule has 0 atom stereocenters. The highest BCUT2D eigenvalue weighted by atomic mass is 15.3. The highest BCUT2D eigenvalue weighted by molar-refractivity contribution is 5.49. The third-order valence-corrected chi connectivity index (χ3v) is 3.34. The third kappa shape index (κ3) is 3.33. The molecule has 0 unspecified atom stereocenters. The fraction of sp³-hybridized carbons (Fsp3) is 0.312. The van der Waals surface area contributed by atoms with Crippen LogP contribution in [0.25, 0.3) is 5.65 Å². The lowest BCUT2D eigenvalue weighted by molar-refractivity contribution is 0.856. The minimum atomic E-state index is 0.791. The van der Waals surface area contributed by atoms with E-state index >= 15 is 0 Å². The summed E-state index contributed by atoms with van der Waals surface area (Å²) in [7, 11) is 0. The molecule has 3 heterocycles. The molecule has 0 fully saturated rings. The summed E-state index contributed by atoms with van der Waals surface area (Å²) >= 11 is 0. The Morgan fingerprint density at radius 2 is 2.05 bits per heavy atom. The smallest absolute Gasteiger partial charge is 0.157 e. The third-order valence-electron chi connectivity index (χ3n) is 3.34. The number of hydrogen-bond donors (Lipinski definition) is 2. The van der Waals surface area contributed by atoms with E-state index in [0.717, 1.165) is 48.8 Å². The fourth-order valence-electron chi connectivity index (χ4n) is 2.34. The Labute approximate surface area is 129 Å². The molecule has 6 heteroatoms. The van der Waals surface area contributed by atoms with Gasteiger partial charge < -0.3 is 10.6 Å². The zero-order chi connectivity index (χ0) is 15.2. The largest absolute Gasteiger partial charge is 0.382 e. The van der Waals surface area contributed by atoms with E-state index in [4.69, 9.17) is 0 Å². The van der Waals surface area contributed by atoms with Crippen LogP contribution in [-0.4, -0.2) is 32.7 Å². The molecule has 3 aromatic heterocycles. The molecule has 0 aromatic carbocycles. The Kier molecular flexibility index (Phi) is 4.48. The predicted octanol–water partition coefficient (Wildman–Crippen LogP) is 2.60. The van der Waals surface area contributed by atoms with Crippen LogP contribution < -0.4 is 10.6 Å². The van der Waals surface area contributed by atoms with E-state index in [1.807, 2.05) is 28.9 Å². The molecule has 0 aliphatic heterocycles. The molecule has 0 saturated heterocycles. The van der Waals surface area contributed by atoms with E-state index in [0.29, 0.717) is 0 Å². The van der Waals surface area contributed by atoms with Gasteiger partial charge in [0, 0.05) is 43.3 Å². The second kappa shape index (κ2) is 6.89. The molecular formula is C16H20N6. The van der Waals surface area contributed by atoms with Crippen LogP contribution in [0.5, 0.6) is 0 Å². The number of pyridine rings is 1. The van der Waals surface area contributed by atoms with Crippen LogP contribution in [0.15, 0.2) is 42.9 Å². The summed E-state index contributed by atoms with van der Waals surface area (Å²) in [4.78, 5) is 8.68. The molecule has 114 valence electrons. The fourth-order valence-corrected chi connectivity index (χ4v) is 2.34. The zero-order valence-electron chi connectivity index (χ0n) is 12.7. The summed E-state index contributed by atoms with van der Waals surface area (Å²) in [6.45, 7) is 3.76. The topological polar surface area (TPSA) is 67.1 Å². The van der Waals surface area contributed by atoms with Crippen molar-refractivity contribution < 1.29 is 0 Å². The maximum atomic E-state index is 4.60. The Bertz CT molecular complexity index is 722. The SMILES string of the molecule is CCCc1cc(NCCNc2cccnc2)n2nccc2n1. The van der Waals surface area contributed by atoms with E-state index in [1.165, 1.54) is 0 Å². The van der Waals surface area contributed by atoms with Gasteiger partial charge in [-0.3, -0.25) is 4.98 Å². The van der Waals surface area contributed by atoms with E-state index < -0.39 is 0 Å². The molecule has 3 rings (SSSR count). The van der Waals surface area contributed by atoms with Crippen molar-refractivity contribution in [2.24, 2.45) is 0 Å². The maximum Gasteiger partial charge on any atom is 0.157 e. The second-order valence-electron chi connectivity index (χ2n) is 5.08. The van der Waals surface area contributed by atoms with Gasteiger partial charge in [0.1, 0.15) is 5.82 Å². The van der Waals surface area contributed by atoms with Crippen molar-refractivity contribution in [3.8, 4) is 0 Å². The number of rotatable bonds is 7. The number of aryl methyl sites for hydroxylation is 1. The van der Waals surface area contributed by atoms with Gasteiger partial charge in [0.05, 0.1) is 11.9 Å². The first kappa shape index (κ1) is 14.3. The van der Waals surface area contributed by atoms with Crippen LogP contribution in [0.2, 0.25) is 0 Å². The normalized spacial score (nSPS) is 10.8. The van der Waals surface area contributed by atoms with E-state index in [-0.39, 0.29) is 0 Å². The van der Waals surface area contributed by atoms with Gasteiger partial charge in [-0.1, -0.05) is 13.3 Å². The molecule has 0 radical (unpaired) electrons. The molecule has 0 bridgehead atoms. The van der Waals surface area contributed by atoms with Crippen LogP contribution in [-0.2, 0) is 6.42 Å². The Morgan fingerprint density at radius 1 is 1.14 bits per heavy atom. The Hall–Kier alpha value is -2.63. The molecule has 22 heavy (non-hydrogen) atoms. The van der Waals surface area contributed by atoms with Crippen molar-refractivity contribution >= 4 is 17.2 Å². The van der Waals surface area contributed by atoms with Gasteiger partial charge in [0.15, 0.2) is 5.65 Å². The van der Waals surface area contributed by atoms with Crippen molar-refractivity contribution in [2.75, 3.05) is 23.7 Å². The lowest BCUT2D eigenvalue weighted by Gasteiger charge is -2.11. The molecule has 0 amide bonds. The first-order valence-electron chi connectivity index (χ1n) is 7.58. The van der Waals surface area contributed by atoms with Crippen LogP contribution in [0.4, 0.5) is 11.5 Å². The Morgan fingerprint density at radius 3 is 2.86 bits per heavy atom. The lowest BCUT2D eigenvalue weighted by atomic mass is 10.2. The molecule has 0 spiro atoms. The van der Waals surface area contributed by atoms with Gasteiger partial charge in [-0.15, -0.1) is 0 Å². The van der Waals surface area contributed by atoms with E-state index in [1.54, 1.807) is 12.4 Å².